The quantitative estimate of drug-likeness (QED) is 0.896. The van der Waals surface area contributed by atoms with Crippen LogP contribution < -0.4 is 5.73 Å². The second-order valence-corrected chi connectivity index (χ2v) is 6.24. The van der Waals surface area contributed by atoms with Crippen LogP contribution in [0.2, 0.25) is 0 Å². The highest BCUT2D eigenvalue weighted by molar-refractivity contribution is 5.85. The molecule has 0 bridgehead atoms. The molecule has 8 heteroatoms. The third kappa shape index (κ3) is 3.91. The number of aryl methyl sites for hydroxylation is 1. The minimum atomic E-state index is 0. The molecule has 1 aromatic heterocycles. The van der Waals surface area contributed by atoms with Crippen LogP contribution >= 0.6 is 12.4 Å². The molecule has 0 saturated carbocycles. The van der Waals surface area contributed by atoms with Gasteiger partial charge in [0.1, 0.15) is 6.54 Å². The van der Waals surface area contributed by atoms with Crippen molar-refractivity contribution in [3.63, 3.8) is 0 Å². The Labute approximate surface area is 147 Å². The normalized spacial score (nSPS) is 20.0. The highest BCUT2D eigenvalue weighted by Crippen LogP contribution is 2.22. The minimum absolute atomic E-state index is 0. The summed E-state index contributed by atoms with van der Waals surface area (Å²) < 4.78 is 0. The molecule has 2 atom stereocenters. The van der Waals surface area contributed by atoms with E-state index in [0.29, 0.717) is 18.3 Å². The van der Waals surface area contributed by atoms with Crippen molar-refractivity contribution in [3.8, 4) is 11.4 Å². The van der Waals surface area contributed by atoms with Crippen molar-refractivity contribution < 1.29 is 4.79 Å². The summed E-state index contributed by atoms with van der Waals surface area (Å²) in [5.41, 5.74) is 7.78. The lowest BCUT2D eigenvalue weighted by Gasteiger charge is -2.20. The summed E-state index contributed by atoms with van der Waals surface area (Å²) in [5, 5.41) is 12.3. The number of tetrazole rings is 1. The Morgan fingerprint density at radius 3 is 2.67 bits per heavy atom. The third-order valence-corrected chi connectivity index (χ3v) is 4.35. The lowest BCUT2D eigenvalue weighted by atomic mass is 10.1. The van der Waals surface area contributed by atoms with Gasteiger partial charge in [0.2, 0.25) is 11.7 Å². The van der Waals surface area contributed by atoms with E-state index in [-0.39, 0.29) is 30.9 Å². The van der Waals surface area contributed by atoms with Crippen molar-refractivity contribution in [3.05, 3.63) is 29.8 Å². The first-order chi connectivity index (χ1) is 11.1. The molecule has 3 rings (SSSR count). The molecule has 1 aromatic carbocycles. The molecular weight excluding hydrogens is 328 g/mol. The number of rotatable bonds is 4. The van der Waals surface area contributed by atoms with Gasteiger partial charge in [-0.05, 0) is 37.9 Å². The van der Waals surface area contributed by atoms with Crippen LogP contribution in [0, 0.1) is 12.8 Å². The lowest BCUT2D eigenvalue weighted by Crippen LogP contribution is -2.37. The van der Waals surface area contributed by atoms with E-state index in [4.69, 9.17) is 5.73 Å². The topological polar surface area (TPSA) is 89.9 Å². The standard InChI is InChI=1S/C16H22N6O.ClH/c1-11-3-5-14(6-4-11)16-18-20-22(19-16)10-15(23)21-9-13(8-17)7-12(21)2;/h3-6,12-13H,7-10,17H2,1-2H3;1H. The number of hydrogen-bond donors (Lipinski definition) is 1. The fraction of sp³-hybridized carbons (Fsp3) is 0.500. The van der Waals surface area contributed by atoms with Gasteiger partial charge in [-0.15, -0.1) is 22.6 Å². The van der Waals surface area contributed by atoms with Crippen LogP contribution in [0.5, 0.6) is 0 Å². The summed E-state index contributed by atoms with van der Waals surface area (Å²) in [6.45, 7) is 5.53. The molecule has 0 spiro atoms. The number of halogens is 1. The van der Waals surface area contributed by atoms with Crippen LogP contribution in [-0.2, 0) is 11.3 Å². The Balaban J connectivity index is 0.00000208. The van der Waals surface area contributed by atoms with Crippen molar-refractivity contribution in [1.82, 2.24) is 25.1 Å². The van der Waals surface area contributed by atoms with E-state index in [9.17, 15) is 4.79 Å². The number of nitrogens with zero attached hydrogens (tertiary/aromatic N) is 5. The molecule has 24 heavy (non-hydrogen) atoms. The van der Waals surface area contributed by atoms with Gasteiger partial charge in [0.25, 0.3) is 0 Å². The van der Waals surface area contributed by atoms with Gasteiger partial charge in [-0.25, -0.2) is 0 Å². The summed E-state index contributed by atoms with van der Waals surface area (Å²) in [4.78, 5) is 15.7. The SMILES string of the molecule is Cc1ccc(-c2nnn(CC(=O)N3CC(CN)CC3C)n2)cc1.Cl. The van der Waals surface area contributed by atoms with Crippen molar-refractivity contribution in [2.45, 2.75) is 32.9 Å². The minimum Gasteiger partial charge on any atom is -0.338 e. The zero-order chi connectivity index (χ0) is 16.4. The van der Waals surface area contributed by atoms with Crippen LogP contribution in [0.4, 0.5) is 0 Å². The zero-order valence-electron chi connectivity index (χ0n) is 13.9. The average molecular weight is 351 g/mol. The van der Waals surface area contributed by atoms with Crippen molar-refractivity contribution in [1.29, 1.82) is 0 Å². The van der Waals surface area contributed by atoms with Crippen molar-refractivity contribution in [2.75, 3.05) is 13.1 Å². The molecule has 1 saturated heterocycles. The molecule has 2 N–H and O–H groups in total. The predicted molar refractivity (Wildman–Crippen MR) is 93.6 cm³/mol. The van der Waals surface area contributed by atoms with Crippen LogP contribution in [0.15, 0.2) is 24.3 Å². The fourth-order valence-electron chi connectivity index (χ4n) is 3.00. The molecular formula is C16H23ClN6O. The van der Waals surface area contributed by atoms with E-state index in [1.807, 2.05) is 36.1 Å². The Morgan fingerprint density at radius 2 is 2.04 bits per heavy atom. The second kappa shape index (κ2) is 7.72. The molecule has 1 fully saturated rings. The highest BCUT2D eigenvalue weighted by atomic mass is 35.5. The van der Waals surface area contributed by atoms with Crippen LogP contribution in [0.1, 0.15) is 18.9 Å². The molecule has 2 unspecified atom stereocenters. The van der Waals surface area contributed by atoms with Gasteiger partial charge in [0.15, 0.2) is 0 Å². The van der Waals surface area contributed by atoms with Gasteiger partial charge in [-0.1, -0.05) is 29.8 Å². The number of carbonyl (C=O) groups excluding carboxylic acids is 1. The first-order valence-corrected chi connectivity index (χ1v) is 7.91. The molecule has 1 aliphatic heterocycles. The molecule has 2 aromatic rings. The monoisotopic (exact) mass is 350 g/mol. The maximum atomic E-state index is 12.4. The number of nitrogens with two attached hydrogens (primary N) is 1. The summed E-state index contributed by atoms with van der Waals surface area (Å²) in [5.74, 6) is 0.939. The molecule has 0 aliphatic carbocycles. The highest BCUT2D eigenvalue weighted by Gasteiger charge is 2.31. The maximum absolute atomic E-state index is 12.4. The number of hydrogen-bond acceptors (Lipinski definition) is 5. The van der Waals surface area contributed by atoms with E-state index >= 15 is 0 Å². The number of aromatic nitrogens is 4. The van der Waals surface area contributed by atoms with E-state index < -0.39 is 0 Å². The van der Waals surface area contributed by atoms with Gasteiger partial charge >= 0.3 is 0 Å². The van der Waals surface area contributed by atoms with Crippen LogP contribution in [0.3, 0.4) is 0 Å². The molecule has 2 heterocycles. The number of amides is 1. The summed E-state index contributed by atoms with van der Waals surface area (Å²) >= 11 is 0. The molecule has 1 aliphatic rings. The molecule has 0 radical (unpaired) electrons. The third-order valence-electron chi connectivity index (χ3n) is 4.35. The smallest absolute Gasteiger partial charge is 0.246 e. The van der Waals surface area contributed by atoms with Crippen LogP contribution in [0.25, 0.3) is 11.4 Å². The van der Waals surface area contributed by atoms with Gasteiger partial charge in [-0.3, -0.25) is 4.79 Å². The van der Waals surface area contributed by atoms with E-state index in [1.165, 1.54) is 10.4 Å². The van der Waals surface area contributed by atoms with Gasteiger partial charge in [0.05, 0.1) is 0 Å². The Kier molecular flexibility index (Phi) is 5.90. The first-order valence-electron chi connectivity index (χ1n) is 7.91. The predicted octanol–water partition coefficient (Wildman–Crippen LogP) is 1.27. The van der Waals surface area contributed by atoms with Crippen LogP contribution in [-0.4, -0.2) is 50.1 Å². The molecule has 7 nitrogen and oxygen atoms in total. The summed E-state index contributed by atoms with van der Waals surface area (Å²) in [6.07, 6.45) is 0.960. The fourth-order valence-corrected chi connectivity index (χ4v) is 3.00. The Bertz CT molecular complexity index is 686. The summed E-state index contributed by atoms with van der Waals surface area (Å²) in [7, 11) is 0. The van der Waals surface area contributed by atoms with Crippen molar-refractivity contribution in [2.24, 2.45) is 11.7 Å². The first kappa shape index (κ1) is 18.4. The maximum Gasteiger partial charge on any atom is 0.246 e. The zero-order valence-corrected chi connectivity index (χ0v) is 14.7. The Hall–Kier alpha value is -1.99. The largest absolute Gasteiger partial charge is 0.338 e. The van der Waals surface area contributed by atoms with E-state index in [2.05, 4.69) is 22.3 Å². The lowest BCUT2D eigenvalue weighted by molar-refractivity contribution is -0.132. The molecule has 1 amide bonds. The Morgan fingerprint density at radius 1 is 1.33 bits per heavy atom. The van der Waals surface area contributed by atoms with Gasteiger partial charge < -0.3 is 10.6 Å². The van der Waals surface area contributed by atoms with Gasteiger partial charge in [0, 0.05) is 18.2 Å². The second-order valence-electron chi connectivity index (χ2n) is 6.24. The number of carbonyl (C=O) groups is 1. The van der Waals surface area contributed by atoms with E-state index in [1.54, 1.807) is 0 Å². The molecule has 130 valence electrons. The average Bonchev–Trinajstić information content (AvgIpc) is 3.14. The van der Waals surface area contributed by atoms with E-state index in [0.717, 1.165) is 18.5 Å². The number of benzene rings is 1. The summed E-state index contributed by atoms with van der Waals surface area (Å²) in [6, 6.07) is 8.12. The number of likely N-dealkylation sites (tertiary alicyclic amines) is 1. The van der Waals surface area contributed by atoms with Crippen molar-refractivity contribution >= 4 is 18.3 Å². The van der Waals surface area contributed by atoms with Gasteiger partial charge in [-0.2, -0.15) is 4.80 Å².